The average molecular weight is 410 g/mol. The predicted molar refractivity (Wildman–Crippen MR) is 119 cm³/mol. The van der Waals surface area contributed by atoms with Gasteiger partial charge in [0, 0.05) is 35.0 Å². The average Bonchev–Trinajstić information content (AvgIpc) is 3.21. The minimum Gasteiger partial charge on any atom is -0.366 e. The molecule has 6 heteroatoms. The molecule has 2 amide bonds. The number of aromatic nitrogens is 2. The second-order valence-corrected chi connectivity index (χ2v) is 7.18. The largest absolute Gasteiger partial charge is 0.366 e. The third-order valence-corrected chi connectivity index (χ3v) is 4.94. The quantitative estimate of drug-likeness (QED) is 0.488. The van der Waals surface area contributed by atoms with Crippen LogP contribution in [-0.2, 0) is 13.1 Å². The van der Waals surface area contributed by atoms with Gasteiger partial charge >= 0.3 is 0 Å². The van der Waals surface area contributed by atoms with Crippen molar-refractivity contribution < 1.29 is 9.59 Å². The minimum absolute atomic E-state index is 0.231. The number of nitrogens with zero attached hydrogens (tertiary/aromatic N) is 2. The van der Waals surface area contributed by atoms with Gasteiger partial charge in [0.15, 0.2) is 0 Å². The van der Waals surface area contributed by atoms with Crippen LogP contribution in [0.5, 0.6) is 0 Å². The minimum atomic E-state index is -0.523. The normalized spacial score (nSPS) is 10.6. The van der Waals surface area contributed by atoms with E-state index in [0.717, 1.165) is 22.4 Å². The molecule has 6 nitrogen and oxygen atoms in total. The van der Waals surface area contributed by atoms with E-state index in [0.29, 0.717) is 24.2 Å². The molecule has 0 spiro atoms. The summed E-state index contributed by atoms with van der Waals surface area (Å²) in [6.45, 7) is 0.971. The van der Waals surface area contributed by atoms with Gasteiger partial charge in [-0.2, -0.15) is 5.10 Å². The standard InChI is InChI=1S/C25H22N4O2/c26-24(30)20-11-13-21(14-12-20)25(31)27-15-22-17-29(16-18-7-3-1-4-8-18)28-23(22)19-9-5-2-6-10-19/h1-14,17H,15-16H2,(H2,26,30)(H,27,31). The van der Waals surface area contributed by atoms with E-state index in [1.54, 1.807) is 24.3 Å². The number of carbonyl (C=O) groups is 2. The number of hydrogen-bond acceptors (Lipinski definition) is 3. The first-order chi connectivity index (χ1) is 15.1. The summed E-state index contributed by atoms with van der Waals surface area (Å²) < 4.78 is 1.89. The first-order valence-electron chi connectivity index (χ1n) is 9.94. The Bertz CT molecular complexity index is 1180. The van der Waals surface area contributed by atoms with Crippen molar-refractivity contribution in [2.24, 2.45) is 5.73 Å². The fourth-order valence-electron chi connectivity index (χ4n) is 3.35. The zero-order valence-corrected chi connectivity index (χ0v) is 16.9. The second kappa shape index (κ2) is 9.09. The van der Waals surface area contributed by atoms with Crippen molar-refractivity contribution in [3.63, 3.8) is 0 Å². The highest BCUT2D eigenvalue weighted by Crippen LogP contribution is 2.22. The number of benzene rings is 3. The maximum atomic E-state index is 12.6. The first kappa shape index (κ1) is 20.1. The maximum absolute atomic E-state index is 12.6. The molecule has 0 saturated carbocycles. The smallest absolute Gasteiger partial charge is 0.251 e. The number of nitrogens with two attached hydrogens (primary N) is 1. The van der Waals surface area contributed by atoms with E-state index in [1.165, 1.54) is 0 Å². The van der Waals surface area contributed by atoms with Crippen molar-refractivity contribution in [3.05, 3.63) is 113 Å². The number of rotatable bonds is 7. The first-order valence-corrected chi connectivity index (χ1v) is 9.94. The Labute approximate surface area is 180 Å². The molecule has 0 aliphatic carbocycles. The third kappa shape index (κ3) is 4.87. The van der Waals surface area contributed by atoms with Crippen LogP contribution in [0.1, 0.15) is 31.8 Å². The van der Waals surface area contributed by atoms with Crippen LogP contribution in [0.4, 0.5) is 0 Å². The molecule has 1 heterocycles. The molecular weight excluding hydrogens is 388 g/mol. The molecule has 1 aromatic heterocycles. The van der Waals surface area contributed by atoms with Gasteiger partial charge in [-0.15, -0.1) is 0 Å². The molecule has 31 heavy (non-hydrogen) atoms. The van der Waals surface area contributed by atoms with Gasteiger partial charge in [-0.1, -0.05) is 60.7 Å². The number of primary amides is 1. The van der Waals surface area contributed by atoms with Crippen molar-refractivity contribution in [1.82, 2.24) is 15.1 Å². The zero-order chi connectivity index (χ0) is 21.6. The van der Waals surface area contributed by atoms with Crippen LogP contribution >= 0.6 is 0 Å². The van der Waals surface area contributed by atoms with E-state index in [2.05, 4.69) is 17.4 Å². The van der Waals surface area contributed by atoms with Crippen LogP contribution in [0.15, 0.2) is 91.1 Å². The molecule has 3 N–H and O–H groups in total. The summed E-state index contributed by atoms with van der Waals surface area (Å²) in [6.07, 6.45) is 1.96. The van der Waals surface area contributed by atoms with Gasteiger partial charge in [-0.25, -0.2) is 0 Å². The van der Waals surface area contributed by atoms with Gasteiger partial charge in [-0.05, 0) is 29.8 Å². The molecule has 4 aromatic rings. The van der Waals surface area contributed by atoms with Gasteiger partial charge in [0.2, 0.25) is 5.91 Å². The van der Waals surface area contributed by atoms with Gasteiger partial charge in [0.05, 0.1) is 12.2 Å². The molecule has 0 bridgehead atoms. The van der Waals surface area contributed by atoms with E-state index < -0.39 is 5.91 Å². The monoisotopic (exact) mass is 410 g/mol. The van der Waals surface area contributed by atoms with E-state index in [9.17, 15) is 9.59 Å². The molecule has 0 atom stereocenters. The number of carbonyl (C=O) groups excluding carboxylic acids is 2. The molecule has 0 unspecified atom stereocenters. The highest BCUT2D eigenvalue weighted by molar-refractivity contribution is 5.97. The lowest BCUT2D eigenvalue weighted by Crippen LogP contribution is -2.23. The Morgan fingerprint density at radius 3 is 2.10 bits per heavy atom. The predicted octanol–water partition coefficient (Wildman–Crippen LogP) is 3.63. The molecule has 0 aliphatic rings. The van der Waals surface area contributed by atoms with E-state index >= 15 is 0 Å². The second-order valence-electron chi connectivity index (χ2n) is 7.18. The maximum Gasteiger partial charge on any atom is 0.251 e. The third-order valence-electron chi connectivity index (χ3n) is 4.94. The van der Waals surface area contributed by atoms with E-state index in [1.807, 2.05) is 59.4 Å². The molecule has 0 fully saturated rings. The van der Waals surface area contributed by atoms with Crippen LogP contribution in [0.3, 0.4) is 0 Å². The van der Waals surface area contributed by atoms with Crippen molar-refractivity contribution in [2.75, 3.05) is 0 Å². The SMILES string of the molecule is NC(=O)c1ccc(C(=O)NCc2cn(Cc3ccccc3)nc2-c2ccccc2)cc1. The molecule has 0 aliphatic heterocycles. The van der Waals surface area contributed by atoms with Gasteiger partial charge < -0.3 is 11.1 Å². The van der Waals surface area contributed by atoms with E-state index in [4.69, 9.17) is 10.8 Å². The Morgan fingerprint density at radius 1 is 0.839 bits per heavy atom. The molecule has 0 radical (unpaired) electrons. The van der Waals surface area contributed by atoms with Crippen LogP contribution in [-0.4, -0.2) is 21.6 Å². The lowest BCUT2D eigenvalue weighted by atomic mass is 10.1. The Balaban J connectivity index is 1.54. The topological polar surface area (TPSA) is 90.0 Å². The van der Waals surface area contributed by atoms with Gasteiger partial charge in [0.25, 0.3) is 5.91 Å². The van der Waals surface area contributed by atoms with Crippen LogP contribution in [0, 0.1) is 0 Å². The molecule has 0 saturated heterocycles. The Hall–Kier alpha value is -4.19. The van der Waals surface area contributed by atoms with Crippen molar-refractivity contribution in [1.29, 1.82) is 0 Å². The van der Waals surface area contributed by atoms with Gasteiger partial charge in [0.1, 0.15) is 0 Å². The fraction of sp³-hybridized carbons (Fsp3) is 0.0800. The summed E-state index contributed by atoms with van der Waals surface area (Å²) >= 11 is 0. The lowest BCUT2D eigenvalue weighted by Gasteiger charge is -2.06. The van der Waals surface area contributed by atoms with Crippen molar-refractivity contribution >= 4 is 11.8 Å². The molecule has 3 aromatic carbocycles. The number of amides is 2. The van der Waals surface area contributed by atoms with Crippen molar-refractivity contribution in [3.8, 4) is 11.3 Å². The Kier molecular flexibility index (Phi) is 5.89. The Morgan fingerprint density at radius 2 is 1.45 bits per heavy atom. The summed E-state index contributed by atoms with van der Waals surface area (Å²) in [5.74, 6) is -0.754. The molecule has 154 valence electrons. The van der Waals surface area contributed by atoms with Crippen LogP contribution in [0.2, 0.25) is 0 Å². The number of nitrogens with one attached hydrogen (secondary N) is 1. The summed E-state index contributed by atoms with van der Waals surface area (Å²) in [5.41, 5.74) is 9.98. The van der Waals surface area contributed by atoms with Crippen LogP contribution < -0.4 is 11.1 Å². The highest BCUT2D eigenvalue weighted by Gasteiger charge is 2.14. The van der Waals surface area contributed by atoms with Crippen molar-refractivity contribution in [2.45, 2.75) is 13.1 Å². The summed E-state index contributed by atoms with van der Waals surface area (Å²) in [5, 5.41) is 7.71. The molecule has 4 rings (SSSR count). The fourth-order valence-corrected chi connectivity index (χ4v) is 3.35. The highest BCUT2D eigenvalue weighted by atomic mass is 16.2. The zero-order valence-electron chi connectivity index (χ0n) is 16.9. The molecular formula is C25H22N4O2. The van der Waals surface area contributed by atoms with Crippen LogP contribution in [0.25, 0.3) is 11.3 Å². The van der Waals surface area contributed by atoms with Gasteiger partial charge in [-0.3, -0.25) is 14.3 Å². The summed E-state index contributed by atoms with van der Waals surface area (Å²) in [6, 6.07) is 26.3. The lowest BCUT2D eigenvalue weighted by molar-refractivity contribution is 0.0948. The number of hydrogen-bond donors (Lipinski definition) is 2. The summed E-state index contributed by atoms with van der Waals surface area (Å²) in [4.78, 5) is 23.8. The summed E-state index contributed by atoms with van der Waals surface area (Å²) in [7, 11) is 0. The van der Waals surface area contributed by atoms with E-state index in [-0.39, 0.29) is 5.91 Å².